The molecule has 1 amide bonds. The third-order valence-corrected chi connectivity index (χ3v) is 4.79. The molecule has 1 aliphatic rings. The summed E-state index contributed by atoms with van der Waals surface area (Å²) in [4.78, 5) is 23.2. The van der Waals surface area contributed by atoms with Crippen LogP contribution < -0.4 is 10.1 Å². The number of carbonyl (C=O) groups excluding carboxylic acids is 1. The maximum atomic E-state index is 12.2. The fourth-order valence-electron chi connectivity index (χ4n) is 3.22. The minimum atomic E-state index is -0.800. The first-order valence-corrected chi connectivity index (χ1v) is 8.88. The number of ether oxygens (including phenoxy) is 1. The first-order chi connectivity index (χ1) is 12.6. The first kappa shape index (κ1) is 18.0. The molecular formula is C21H23NO4. The van der Waals surface area contributed by atoms with Gasteiger partial charge in [-0.3, -0.25) is 9.59 Å². The molecule has 1 fully saturated rings. The van der Waals surface area contributed by atoms with Crippen molar-refractivity contribution in [2.24, 2.45) is 11.8 Å². The Morgan fingerprint density at radius 2 is 1.65 bits per heavy atom. The summed E-state index contributed by atoms with van der Waals surface area (Å²) in [6, 6.07) is 17.6. The van der Waals surface area contributed by atoms with E-state index in [9.17, 15) is 9.59 Å². The van der Waals surface area contributed by atoms with Crippen molar-refractivity contribution in [2.45, 2.75) is 32.4 Å². The van der Waals surface area contributed by atoms with E-state index in [0.717, 1.165) is 16.9 Å². The Bertz CT molecular complexity index is 742. The molecule has 2 atom stereocenters. The Hall–Kier alpha value is -2.82. The number of carboxylic acid groups (broad SMARTS) is 1. The Kier molecular flexibility index (Phi) is 5.89. The summed E-state index contributed by atoms with van der Waals surface area (Å²) < 4.78 is 5.75. The quantitative estimate of drug-likeness (QED) is 0.800. The van der Waals surface area contributed by atoms with Gasteiger partial charge in [0.2, 0.25) is 5.91 Å². The molecule has 136 valence electrons. The average Bonchev–Trinajstić information content (AvgIpc) is 3.17. The van der Waals surface area contributed by atoms with Gasteiger partial charge in [0.05, 0.1) is 5.92 Å². The molecule has 5 heteroatoms. The van der Waals surface area contributed by atoms with Gasteiger partial charge < -0.3 is 15.2 Å². The van der Waals surface area contributed by atoms with Gasteiger partial charge in [0, 0.05) is 12.5 Å². The van der Waals surface area contributed by atoms with Gasteiger partial charge in [-0.05, 0) is 42.5 Å². The predicted molar refractivity (Wildman–Crippen MR) is 97.5 cm³/mol. The smallest absolute Gasteiger partial charge is 0.306 e. The monoisotopic (exact) mass is 353 g/mol. The third-order valence-electron chi connectivity index (χ3n) is 4.79. The van der Waals surface area contributed by atoms with Crippen LogP contribution in [0, 0.1) is 11.8 Å². The van der Waals surface area contributed by atoms with Gasteiger partial charge in [0.1, 0.15) is 12.4 Å². The number of carboxylic acids is 1. The molecule has 2 N–H and O–H groups in total. The molecule has 2 aromatic rings. The third kappa shape index (κ3) is 4.85. The van der Waals surface area contributed by atoms with Gasteiger partial charge in [-0.25, -0.2) is 0 Å². The van der Waals surface area contributed by atoms with Crippen LogP contribution in [0.3, 0.4) is 0 Å². The van der Waals surface area contributed by atoms with Crippen molar-refractivity contribution in [3.8, 4) is 5.75 Å². The standard InChI is InChI=1S/C21H23NO4/c23-20(17-8-9-18(12-17)21(24)25)22-13-15-6-10-19(11-7-15)26-14-16-4-2-1-3-5-16/h1-7,10-11,17-18H,8-9,12-14H2,(H,22,23)(H,24,25)/t17-,18+/m0/s1. The lowest BCUT2D eigenvalue weighted by molar-refractivity contribution is -0.141. The lowest BCUT2D eigenvalue weighted by Crippen LogP contribution is -2.29. The van der Waals surface area contributed by atoms with E-state index in [1.54, 1.807) is 0 Å². The maximum Gasteiger partial charge on any atom is 0.306 e. The van der Waals surface area contributed by atoms with Crippen molar-refractivity contribution in [3.63, 3.8) is 0 Å². The summed E-state index contributed by atoms with van der Waals surface area (Å²) in [5.41, 5.74) is 2.10. The normalized spacial score (nSPS) is 19.1. The number of benzene rings is 2. The molecule has 3 rings (SSSR count). The first-order valence-electron chi connectivity index (χ1n) is 8.88. The Morgan fingerprint density at radius 1 is 0.962 bits per heavy atom. The Balaban J connectivity index is 1.44. The molecule has 1 aliphatic carbocycles. The van der Waals surface area contributed by atoms with E-state index in [0.29, 0.717) is 32.4 Å². The van der Waals surface area contributed by atoms with E-state index < -0.39 is 5.97 Å². The van der Waals surface area contributed by atoms with Gasteiger partial charge in [-0.1, -0.05) is 42.5 Å². The molecule has 2 aromatic carbocycles. The summed E-state index contributed by atoms with van der Waals surface area (Å²) >= 11 is 0. The molecule has 1 saturated carbocycles. The SMILES string of the molecule is O=C(O)[C@@H]1CC[C@H](C(=O)NCc2ccc(OCc3ccccc3)cc2)C1. The van der Waals surface area contributed by atoms with Crippen LogP contribution in [-0.2, 0) is 22.7 Å². The number of nitrogens with one attached hydrogen (secondary N) is 1. The maximum absolute atomic E-state index is 12.2. The molecule has 0 aliphatic heterocycles. The molecule has 0 saturated heterocycles. The summed E-state index contributed by atoms with van der Waals surface area (Å²) in [7, 11) is 0. The molecule has 0 radical (unpaired) electrons. The second kappa shape index (κ2) is 8.52. The summed E-state index contributed by atoms with van der Waals surface area (Å²) in [6.45, 7) is 0.954. The second-order valence-corrected chi connectivity index (χ2v) is 6.68. The minimum Gasteiger partial charge on any atom is -0.489 e. The van der Waals surface area contributed by atoms with Gasteiger partial charge in [0.25, 0.3) is 0 Å². The zero-order valence-corrected chi connectivity index (χ0v) is 14.6. The Morgan fingerprint density at radius 3 is 2.31 bits per heavy atom. The Labute approximate surface area is 153 Å². The van der Waals surface area contributed by atoms with Crippen molar-refractivity contribution in [2.75, 3.05) is 0 Å². The van der Waals surface area contributed by atoms with Gasteiger partial charge in [-0.15, -0.1) is 0 Å². The van der Waals surface area contributed by atoms with Crippen LogP contribution in [0.4, 0.5) is 0 Å². The molecule has 0 heterocycles. The van der Waals surface area contributed by atoms with Gasteiger partial charge >= 0.3 is 5.97 Å². The van der Waals surface area contributed by atoms with Gasteiger partial charge in [-0.2, -0.15) is 0 Å². The fourth-order valence-corrected chi connectivity index (χ4v) is 3.22. The van der Waals surface area contributed by atoms with Crippen molar-refractivity contribution in [1.29, 1.82) is 0 Å². The highest BCUT2D eigenvalue weighted by atomic mass is 16.5. The average molecular weight is 353 g/mol. The van der Waals surface area contributed by atoms with Crippen molar-refractivity contribution in [3.05, 3.63) is 65.7 Å². The molecular weight excluding hydrogens is 330 g/mol. The van der Waals surface area contributed by atoms with E-state index in [-0.39, 0.29) is 17.7 Å². The van der Waals surface area contributed by atoms with Crippen LogP contribution in [0.25, 0.3) is 0 Å². The van der Waals surface area contributed by atoms with Crippen LogP contribution >= 0.6 is 0 Å². The van der Waals surface area contributed by atoms with Crippen molar-refractivity contribution >= 4 is 11.9 Å². The molecule has 0 unspecified atom stereocenters. The largest absolute Gasteiger partial charge is 0.489 e. The highest BCUT2D eigenvalue weighted by molar-refractivity contribution is 5.80. The second-order valence-electron chi connectivity index (χ2n) is 6.68. The molecule has 0 spiro atoms. The van der Waals surface area contributed by atoms with Crippen molar-refractivity contribution in [1.82, 2.24) is 5.32 Å². The van der Waals surface area contributed by atoms with E-state index in [2.05, 4.69) is 5.32 Å². The topological polar surface area (TPSA) is 75.6 Å². The molecule has 26 heavy (non-hydrogen) atoms. The van der Waals surface area contributed by atoms with Crippen LogP contribution in [0.2, 0.25) is 0 Å². The number of hydrogen-bond donors (Lipinski definition) is 2. The lowest BCUT2D eigenvalue weighted by Gasteiger charge is -2.11. The highest BCUT2D eigenvalue weighted by Gasteiger charge is 2.33. The molecule has 0 aromatic heterocycles. The lowest BCUT2D eigenvalue weighted by atomic mass is 10.0. The summed E-state index contributed by atoms with van der Waals surface area (Å²) in [5, 5.41) is 11.9. The minimum absolute atomic E-state index is 0.0573. The zero-order chi connectivity index (χ0) is 18.4. The van der Waals surface area contributed by atoms with Gasteiger partial charge in [0.15, 0.2) is 0 Å². The number of rotatable bonds is 7. The van der Waals surface area contributed by atoms with E-state index in [1.165, 1.54) is 0 Å². The van der Waals surface area contributed by atoms with Crippen LogP contribution in [0.1, 0.15) is 30.4 Å². The van der Waals surface area contributed by atoms with Crippen LogP contribution in [0.15, 0.2) is 54.6 Å². The van der Waals surface area contributed by atoms with E-state index in [1.807, 2.05) is 54.6 Å². The summed E-state index contributed by atoms with van der Waals surface area (Å²) in [6.07, 6.45) is 1.67. The van der Waals surface area contributed by atoms with Crippen molar-refractivity contribution < 1.29 is 19.4 Å². The number of carbonyl (C=O) groups is 2. The van der Waals surface area contributed by atoms with Crippen LogP contribution in [-0.4, -0.2) is 17.0 Å². The number of amides is 1. The molecule has 5 nitrogen and oxygen atoms in total. The fraction of sp³-hybridized carbons (Fsp3) is 0.333. The number of hydrogen-bond acceptors (Lipinski definition) is 3. The zero-order valence-electron chi connectivity index (χ0n) is 14.6. The van der Waals surface area contributed by atoms with E-state index in [4.69, 9.17) is 9.84 Å². The van der Waals surface area contributed by atoms with Crippen LogP contribution in [0.5, 0.6) is 5.75 Å². The van der Waals surface area contributed by atoms with E-state index >= 15 is 0 Å². The summed E-state index contributed by atoms with van der Waals surface area (Å²) in [5.74, 6) is -0.648. The molecule has 0 bridgehead atoms. The number of aliphatic carboxylic acids is 1. The predicted octanol–water partition coefficient (Wildman–Crippen LogP) is 3.38. The highest BCUT2D eigenvalue weighted by Crippen LogP contribution is 2.31.